The van der Waals surface area contributed by atoms with Crippen molar-refractivity contribution in [3.8, 4) is 0 Å². The predicted molar refractivity (Wildman–Crippen MR) is 73.6 cm³/mol. The summed E-state index contributed by atoms with van der Waals surface area (Å²) in [6.45, 7) is 7.86. The largest absolute Gasteiger partial charge is 0.469 e. The Morgan fingerprint density at radius 1 is 1.50 bits per heavy atom. The van der Waals surface area contributed by atoms with Crippen LogP contribution in [-0.2, 0) is 9.53 Å². The summed E-state index contributed by atoms with van der Waals surface area (Å²) in [5.74, 6) is 0.691. The Labute approximate surface area is 111 Å². The fourth-order valence-electron chi connectivity index (χ4n) is 2.55. The summed E-state index contributed by atoms with van der Waals surface area (Å²) in [6, 6.07) is 0. The van der Waals surface area contributed by atoms with Gasteiger partial charge in [0.1, 0.15) is 0 Å². The number of nitrogens with one attached hydrogen (secondary N) is 1. The SMILES string of the molecule is CCCNCC1CCCN(CCCC(=O)OC)C1. The number of carbonyl (C=O) groups is 1. The third-order valence-corrected chi connectivity index (χ3v) is 3.55. The summed E-state index contributed by atoms with van der Waals surface area (Å²) in [5, 5.41) is 3.51. The van der Waals surface area contributed by atoms with Crippen LogP contribution in [-0.4, -0.2) is 50.7 Å². The third-order valence-electron chi connectivity index (χ3n) is 3.55. The number of hydrogen-bond acceptors (Lipinski definition) is 4. The predicted octanol–water partition coefficient (Wildman–Crippen LogP) is 1.65. The van der Waals surface area contributed by atoms with Crippen molar-refractivity contribution in [3.05, 3.63) is 0 Å². The minimum absolute atomic E-state index is 0.0897. The lowest BCUT2D eigenvalue weighted by molar-refractivity contribution is -0.140. The number of rotatable bonds is 8. The van der Waals surface area contributed by atoms with Gasteiger partial charge in [-0.15, -0.1) is 0 Å². The van der Waals surface area contributed by atoms with Gasteiger partial charge in [-0.2, -0.15) is 0 Å². The molecule has 1 rings (SSSR count). The molecule has 0 spiro atoms. The molecule has 0 amide bonds. The summed E-state index contributed by atoms with van der Waals surface area (Å²) in [6.07, 6.45) is 5.30. The molecular weight excluding hydrogens is 228 g/mol. The average Bonchev–Trinajstić information content (AvgIpc) is 2.39. The molecule has 4 heteroatoms. The molecule has 4 nitrogen and oxygen atoms in total. The molecule has 1 aliphatic rings. The Balaban J connectivity index is 2.12. The van der Waals surface area contributed by atoms with Gasteiger partial charge in [0, 0.05) is 13.0 Å². The zero-order valence-electron chi connectivity index (χ0n) is 11.9. The lowest BCUT2D eigenvalue weighted by Crippen LogP contribution is -2.40. The molecule has 0 radical (unpaired) electrons. The molecule has 0 aromatic heterocycles. The number of methoxy groups -OCH3 is 1. The van der Waals surface area contributed by atoms with Gasteiger partial charge in [-0.3, -0.25) is 4.79 Å². The van der Waals surface area contributed by atoms with E-state index in [9.17, 15) is 4.79 Å². The van der Waals surface area contributed by atoms with Gasteiger partial charge in [-0.1, -0.05) is 6.92 Å². The summed E-state index contributed by atoms with van der Waals surface area (Å²) in [5.41, 5.74) is 0. The molecule has 18 heavy (non-hydrogen) atoms. The van der Waals surface area contributed by atoms with E-state index in [1.54, 1.807) is 0 Å². The maximum atomic E-state index is 11.0. The zero-order valence-corrected chi connectivity index (χ0v) is 11.9. The third kappa shape index (κ3) is 6.36. The molecule has 0 saturated carbocycles. The van der Waals surface area contributed by atoms with E-state index in [1.165, 1.54) is 39.5 Å². The van der Waals surface area contributed by atoms with Crippen LogP contribution in [0.4, 0.5) is 0 Å². The fourth-order valence-corrected chi connectivity index (χ4v) is 2.55. The molecule has 1 atom stereocenters. The summed E-state index contributed by atoms with van der Waals surface area (Å²) in [7, 11) is 1.46. The first-order valence-corrected chi connectivity index (χ1v) is 7.26. The van der Waals surface area contributed by atoms with Gasteiger partial charge in [-0.05, 0) is 57.8 Å². The fraction of sp³-hybridized carbons (Fsp3) is 0.929. The van der Waals surface area contributed by atoms with Crippen LogP contribution >= 0.6 is 0 Å². The van der Waals surface area contributed by atoms with Crippen molar-refractivity contribution < 1.29 is 9.53 Å². The average molecular weight is 256 g/mol. The normalized spacial score (nSPS) is 20.9. The molecule has 0 aliphatic carbocycles. The van der Waals surface area contributed by atoms with Crippen molar-refractivity contribution in [1.29, 1.82) is 0 Å². The maximum Gasteiger partial charge on any atom is 0.305 e. The second-order valence-electron chi connectivity index (χ2n) is 5.19. The van der Waals surface area contributed by atoms with Crippen molar-refractivity contribution in [2.75, 3.05) is 39.8 Å². The molecule has 106 valence electrons. The lowest BCUT2D eigenvalue weighted by Gasteiger charge is -2.32. The van der Waals surface area contributed by atoms with Crippen LogP contribution in [0, 0.1) is 5.92 Å². The minimum Gasteiger partial charge on any atom is -0.469 e. The van der Waals surface area contributed by atoms with Crippen LogP contribution in [0.5, 0.6) is 0 Å². The molecular formula is C14H28N2O2. The van der Waals surface area contributed by atoms with E-state index in [-0.39, 0.29) is 5.97 Å². The van der Waals surface area contributed by atoms with Gasteiger partial charge in [0.25, 0.3) is 0 Å². The van der Waals surface area contributed by atoms with Crippen LogP contribution in [0.25, 0.3) is 0 Å². The van der Waals surface area contributed by atoms with Crippen molar-refractivity contribution >= 4 is 5.97 Å². The Kier molecular flexibility index (Phi) is 8.01. The number of carbonyl (C=O) groups excluding carboxylic acids is 1. The van der Waals surface area contributed by atoms with Crippen molar-refractivity contribution in [1.82, 2.24) is 10.2 Å². The maximum absolute atomic E-state index is 11.0. The molecule has 1 heterocycles. The van der Waals surface area contributed by atoms with Gasteiger partial charge in [0.2, 0.25) is 0 Å². The van der Waals surface area contributed by atoms with Crippen LogP contribution < -0.4 is 5.32 Å². The highest BCUT2D eigenvalue weighted by molar-refractivity contribution is 5.69. The van der Waals surface area contributed by atoms with E-state index >= 15 is 0 Å². The number of hydrogen-bond donors (Lipinski definition) is 1. The quantitative estimate of drug-likeness (QED) is 0.530. The molecule has 0 aromatic carbocycles. The van der Waals surface area contributed by atoms with Gasteiger partial charge >= 0.3 is 5.97 Å². The molecule has 1 saturated heterocycles. The zero-order chi connectivity index (χ0) is 13.2. The highest BCUT2D eigenvalue weighted by atomic mass is 16.5. The highest BCUT2D eigenvalue weighted by Crippen LogP contribution is 2.16. The molecule has 1 aliphatic heterocycles. The first-order chi connectivity index (χ1) is 8.76. The molecule has 0 bridgehead atoms. The van der Waals surface area contributed by atoms with Crippen molar-refractivity contribution in [3.63, 3.8) is 0 Å². The Bertz CT molecular complexity index is 234. The second kappa shape index (κ2) is 9.34. The summed E-state index contributed by atoms with van der Waals surface area (Å²) >= 11 is 0. The van der Waals surface area contributed by atoms with Crippen LogP contribution in [0.1, 0.15) is 39.0 Å². The Morgan fingerprint density at radius 2 is 2.33 bits per heavy atom. The van der Waals surface area contributed by atoms with E-state index in [1.807, 2.05) is 0 Å². The summed E-state index contributed by atoms with van der Waals surface area (Å²) < 4.78 is 4.66. The number of nitrogens with zero attached hydrogens (tertiary/aromatic N) is 1. The van der Waals surface area contributed by atoms with E-state index in [0.29, 0.717) is 6.42 Å². The Hall–Kier alpha value is -0.610. The van der Waals surface area contributed by atoms with E-state index in [4.69, 9.17) is 0 Å². The van der Waals surface area contributed by atoms with Crippen LogP contribution in [0.15, 0.2) is 0 Å². The van der Waals surface area contributed by atoms with Crippen molar-refractivity contribution in [2.45, 2.75) is 39.0 Å². The topological polar surface area (TPSA) is 41.6 Å². The van der Waals surface area contributed by atoms with Gasteiger partial charge in [-0.25, -0.2) is 0 Å². The first kappa shape index (κ1) is 15.4. The lowest BCUT2D eigenvalue weighted by atomic mass is 9.97. The first-order valence-electron chi connectivity index (χ1n) is 7.26. The summed E-state index contributed by atoms with van der Waals surface area (Å²) in [4.78, 5) is 13.5. The highest BCUT2D eigenvalue weighted by Gasteiger charge is 2.19. The standard InChI is InChI=1S/C14H28N2O2/c1-3-8-15-11-13-6-4-9-16(12-13)10-5-7-14(17)18-2/h13,15H,3-12H2,1-2H3. The second-order valence-corrected chi connectivity index (χ2v) is 5.19. The molecule has 1 unspecified atom stereocenters. The van der Waals surface area contributed by atoms with E-state index in [2.05, 4.69) is 21.9 Å². The monoisotopic (exact) mass is 256 g/mol. The minimum atomic E-state index is -0.0897. The van der Waals surface area contributed by atoms with Crippen LogP contribution in [0.2, 0.25) is 0 Å². The molecule has 0 aromatic rings. The van der Waals surface area contributed by atoms with Gasteiger partial charge in [0.05, 0.1) is 7.11 Å². The smallest absolute Gasteiger partial charge is 0.305 e. The van der Waals surface area contributed by atoms with Crippen molar-refractivity contribution in [2.24, 2.45) is 5.92 Å². The number of ether oxygens (including phenoxy) is 1. The number of piperidine rings is 1. The Morgan fingerprint density at radius 3 is 3.06 bits per heavy atom. The molecule has 1 N–H and O–H groups in total. The van der Waals surface area contributed by atoms with Gasteiger partial charge < -0.3 is 15.0 Å². The van der Waals surface area contributed by atoms with Crippen LogP contribution in [0.3, 0.4) is 0 Å². The molecule has 1 fully saturated rings. The van der Waals surface area contributed by atoms with E-state index < -0.39 is 0 Å². The van der Waals surface area contributed by atoms with Gasteiger partial charge in [0.15, 0.2) is 0 Å². The number of likely N-dealkylation sites (tertiary alicyclic amines) is 1. The van der Waals surface area contributed by atoms with E-state index in [0.717, 1.165) is 32.0 Å². The number of esters is 1.